The van der Waals surface area contributed by atoms with Crippen LogP contribution < -0.4 is 0 Å². The van der Waals surface area contributed by atoms with Crippen molar-refractivity contribution in [2.45, 2.75) is 102 Å². The van der Waals surface area contributed by atoms with E-state index in [1.807, 2.05) is 6.92 Å². The van der Waals surface area contributed by atoms with Gasteiger partial charge in [0.2, 0.25) is 0 Å². The molecule has 0 amide bonds. The summed E-state index contributed by atoms with van der Waals surface area (Å²) in [5.74, 6) is -1.43. The van der Waals surface area contributed by atoms with E-state index in [0.29, 0.717) is 12.8 Å². The number of hydrogen-bond acceptors (Lipinski definition) is 7. The normalized spacial score (nSPS) is 50.1. The van der Waals surface area contributed by atoms with Crippen LogP contribution in [0.4, 0.5) is 0 Å². The highest BCUT2D eigenvalue weighted by Crippen LogP contribution is 2.57. The van der Waals surface area contributed by atoms with Gasteiger partial charge in [-0.2, -0.15) is 0 Å². The second-order valence-electron chi connectivity index (χ2n) is 9.96. The Morgan fingerprint density at radius 1 is 1.26 bits per heavy atom. The van der Waals surface area contributed by atoms with E-state index in [0.717, 1.165) is 0 Å². The van der Waals surface area contributed by atoms with Gasteiger partial charge in [0.05, 0.1) is 11.7 Å². The number of carbonyl (C=O) groups is 2. The molecule has 3 N–H and O–H groups in total. The number of hydrogen-bond donors (Lipinski definition) is 3. The summed E-state index contributed by atoms with van der Waals surface area (Å²) in [6, 6.07) is 0. The topological polar surface area (TPSA) is 117 Å². The molecule has 0 aromatic heterocycles. The molecule has 0 aromatic rings. The van der Waals surface area contributed by atoms with E-state index in [4.69, 9.17) is 9.47 Å². The fraction of sp³-hybridized carbons (Fsp3) is 0.900. The lowest BCUT2D eigenvalue weighted by Gasteiger charge is -2.58. The molecule has 27 heavy (non-hydrogen) atoms. The Balaban J connectivity index is 1.87. The second kappa shape index (κ2) is 5.75. The minimum absolute atomic E-state index is 0.0623. The molecule has 0 bridgehead atoms. The summed E-state index contributed by atoms with van der Waals surface area (Å²) in [6.45, 7) is 9.75. The van der Waals surface area contributed by atoms with Crippen molar-refractivity contribution in [3.05, 3.63) is 0 Å². The minimum Gasteiger partial charge on any atom is -0.457 e. The first-order valence-electron chi connectivity index (χ1n) is 9.67. The number of carbonyl (C=O) groups excluding carboxylic acids is 2. The summed E-state index contributed by atoms with van der Waals surface area (Å²) in [5, 5.41) is 32.7. The Bertz CT molecular complexity index is 666. The van der Waals surface area contributed by atoms with Crippen molar-refractivity contribution >= 4 is 11.8 Å². The second-order valence-corrected chi connectivity index (χ2v) is 9.96. The van der Waals surface area contributed by atoms with Gasteiger partial charge in [0.1, 0.15) is 11.7 Å². The van der Waals surface area contributed by atoms with Crippen molar-refractivity contribution in [3.63, 3.8) is 0 Å². The molecular weight excluding hydrogens is 352 g/mol. The molecule has 7 unspecified atom stereocenters. The van der Waals surface area contributed by atoms with Crippen LogP contribution in [-0.4, -0.2) is 61.7 Å². The molecule has 3 rings (SSSR count). The molecule has 1 aliphatic heterocycles. The van der Waals surface area contributed by atoms with Gasteiger partial charge in [0, 0.05) is 12.3 Å². The molecule has 7 heteroatoms. The average molecular weight is 384 g/mol. The van der Waals surface area contributed by atoms with Gasteiger partial charge in [0.15, 0.2) is 17.0 Å². The predicted molar refractivity (Wildman–Crippen MR) is 95.8 cm³/mol. The van der Waals surface area contributed by atoms with E-state index in [-0.39, 0.29) is 18.9 Å². The maximum atomic E-state index is 12.7. The van der Waals surface area contributed by atoms with E-state index in [9.17, 15) is 24.9 Å². The predicted octanol–water partition coefficient (Wildman–Crippen LogP) is 1.11. The van der Waals surface area contributed by atoms with Crippen molar-refractivity contribution in [3.8, 4) is 0 Å². The number of fused-ring (bicyclic) bond motifs is 1. The highest BCUT2D eigenvalue weighted by atomic mass is 16.7. The molecule has 154 valence electrons. The van der Waals surface area contributed by atoms with Gasteiger partial charge in [0.25, 0.3) is 0 Å². The van der Waals surface area contributed by atoms with Crippen LogP contribution in [0.25, 0.3) is 0 Å². The molecule has 0 radical (unpaired) electrons. The van der Waals surface area contributed by atoms with E-state index in [1.54, 1.807) is 20.8 Å². The van der Waals surface area contributed by atoms with Crippen molar-refractivity contribution in [2.75, 3.05) is 0 Å². The van der Waals surface area contributed by atoms with Crippen molar-refractivity contribution < 1.29 is 34.4 Å². The third-order valence-electron chi connectivity index (χ3n) is 7.51. The quantitative estimate of drug-likeness (QED) is 0.493. The zero-order valence-electron chi connectivity index (χ0n) is 17.0. The standard InChI is InChI=1S/C20H32O7/c1-11-19(6,27-11)15(22)26-14-7-8-17(4)10-13(21)20(25,16(2,3)23)9-12(17)18(14,5)24/h11-12,14,23-25H,7-10H2,1-6H3. The number of ketones is 1. The monoisotopic (exact) mass is 384 g/mol. The van der Waals surface area contributed by atoms with Gasteiger partial charge in [-0.25, -0.2) is 4.79 Å². The molecule has 7 nitrogen and oxygen atoms in total. The van der Waals surface area contributed by atoms with Crippen LogP contribution in [0.1, 0.15) is 67.2 Å². The van der Waals surface area contributed by atoms with Gasteiger partial charge >= 0.3 is 5.97 Å². The van der Waals surface area contributed by atoms with Crippen LogP contribution in [0, 0.1) is 11.3 Å². The first-order chi connectivity index (χ1) is 12.1. The lowest BCUT2D eigenvalue weighted by atomic mass is 9.50. The Morgan fingerprint density at radius 3 is 2.30 bits per heavy atom. The molecule has 3 fully saturated rings. The van der Waals surface area contributed by atoms with Crippen LogP contribution in [0.5, 0.6) is 0 Å². The zero-order valence-corrected chi connectivity index (χ0v) is 17.0. The first kappa shape index (κ1) is 20.7. The van der Waals surface area contributed by atoms with E-state index in [2.05, 4.69) is 0 Å². The van der Waals surface area contributed by atoms with Gasteiger partial charge in [-0.3, -0.25) is 4.79 Å². The van der Waals surface area contributed by atoms with Gasteiger partial charge in [-0.05, 0) is 59.3 Å². The summed E-state index contributed by atoms with van der Waals surface area (Å²) >= 11 is 0. The number of esters is 1. The zero-order chi connectivity index (χ0) is 20.6. The summed E-state index contributed by atoms with van der Waals surface area (Å²) in [5.41, 5.74) is -6.55. The molecular formula is C20H32O7. The lowest BCUT2D eigenvalue weighted by Crippen LogP contribution is -2.68. The molecule has 7 atom stereocenters. The maximum Gasteiger partial charge on any atom is 0.341 e. The van der Waals surface area contributed by atoms with E-state index in [1.165, 1.54) is 13.8 Å². The fourth-order valence-corrected chi connectivity index (χ4v) is 5.01. The third kappa shape index (κ3) is 2.94. The highest BCUT2D eigenvalue weighted by molar-refractivity contribution is 5.90. The van der Waals surface area contributed by atoms with Crippen molar-refractivity contribution in [1.82, 2.24) is 0 Å². The molecule has 2 saturated carbocycles. The SMILES string of the molecule is CC1OC1(C)C(=O)OC1CCC2(C)CC(=O)C(O)(C(C)(C)O)CC2C1(C)O. The van der Waals surface area contributed by atoms with Crippen molar-refractivity contribution in [1.29, 1.82) is 0 Å². The molecule has 3 aliphatic rings. The minimum atomic E-state index is -1.95. The molecule has 2 aliphatic carbocycles. The Morgan fingerprint density at radius 2 is 1.81 bits per heavy atom. The first-order valence-corrected chi connectivity index (χ1v) is 9.67. The van der Waals surface area contributed by atoms with Crippen LogP contribution in [-0.2, 0) is 19.1 Å². The summed E-state index contributed by atoms with van der Waals surface area (Å²) in [4.78, 5) is 25.1. The lowest BCUT2D eigenvalue weighted by molar-refractivity contribution is -0.234. The molecule has 1 saturated heterocycles. The van der Waals surface area contributed by atoms with E-state index < -0.39 is 51.6 Å². The van der Waals surface area contributed by atoms with Crippen LogP contribution >= 0.6 is 0 Å². The largest absolute Gasteiger partial charge is 0.457 e. The maximum absolute atomic E-state index is 12.7. The number of aliphatic hydroxyl groups is 3. The Labute approximate surface area is 160 Å². The highest BCUT2D eigenvalue weighted by Gasteiger charge is 2.65. The summed E-state index contributed by atoms with van der Waals surface area (Å²) in [6.07, 6.45) is -0.0205. The Kier molecular flexibility index (Phi) is 4.41. The van der Waals surface area contributed by atoms with Crippen LogP contribution in [0.3, 0.4) is 0 Å². The van der Waals surface area contributed by atoms with Crippen molar-refractivity contribution in [2.24, 2.45) is 11.3 Å². The molecule has 0 aromatic carbocycles. The van der Waals surface area contributed by atoms with Crippen LogP contribution in [0.2, 0.25) is 0 Å². The number of Topliss-reactive ketones (excluding diaryl/α,β-unsaturated/α-hetero) is 1. The molecule has 0 spiro atoms. The molecule has 1 heterocycles. The number of rotatable bonds is 3. The van der Waals surface area contributed by atoms with Gasteiger partial charge in [-0.15, -0.1) is 0 Å². The van der Waals surface area contributed by atoms with E-state index >= 15 is 0 Å². The Hall–Kier alpha value is -1.02. The average Bonchev–Trinajstić information content (AvgIpc) is 3.13. The summed E-state index contributed by atoms with van der Waals surface area (Å²) < 4.78 is 11.0. The summed E-state index contributed by atoms with van der Waals surface area (Å²) in [7, 11) is 0. The smallest absolute Gasteiger partial charge is 0.341 e. The van der Waals surface area contributed by atoms with Crippen LogP contribution in [0.15, 0.2) is 0 Å². The number of ether oxygens (including phenoxy) is 2. The number of epoxide rings is 1. The third-order valence-corrected chi connectivity index (χ3v) is 7.51. The van der Waals surface area contributed by atoms with Gasteiger partial charge in [-0.1, -0.05) is 6.92 Å². The van der Waals surface area contributed by atoms with Gasteiger partial charge < -0.3 is 24.8 Å². The fourth-order valence-electron chi connectivity index (χ4n) is 5.01.